The van der Waals surface area contributed by atoms with Crippen LogP contribution in [0.4, 0.5) is 9.18 Å². The number of rotatable bonds is 3. The molecule has 0 bridgehead atoms. The minimum absolute atomic E-state index is 0.125. The Morgan fingerprint density at radius 3 is 2.71 bits per heavy atom. The van der Waals surface area contributed by atoms with Crippen LogP contribution in [0.3, 0.4) is 0 Å². The number of hydrogen-bond acceptors (Lipinski definition) is 2. The van der Waals surface area contributed by atoms with Crippen LogP contribution in [-0.2, 0) is 0 Å². The summed E-state index contributed by atoms with van der Waals surface area (Å²) in [6.45, 7) is 5.07. The first-order valence-corrected chi connectivity index (χ1v) is 7.43. The molecule has 1 fully saturated rings. The molecule has 1 heterocycles. The number of nitrogens with one attached hydrogen (secondary N) is 1. The minimum atomic E-state index is -0.252. The van der Waals surface area contributed by atoms with Gasteiger partial charge in [0.15, 0.2) is 0 Å². The molecule has 116 valence electrons. The summed E-state index contributed by atoms with van der Waals surface area (Å²) in [7, 11) is 0. The summed E-state index contributed by atoms with van der Waals surface area (Å²) in [5.41, 5.74) is 1.36. The van der Waals surface area contributed by atoms with Gasteiger partial charge in [0.2, 0.25) is 0 Å². The van der Waals surface area contributed by atoms with E-state index in [4.69, 9.17) is 5.11 Å². The molecule has 0 saturated carbocycles. The van der Waals surface area contributed by atoms with Gasteiger partial charge in [0, 0.05) is 19.7 Å². The van der Waals surface area contributed by atoms with Gasteiger partial charge in [-0.15, -0.1) is 0 Å². The van der Waals surface area contributed by atoms with E-state index < -0.39 is 0 Å². The number of likely N-dealkylation sites (tertiary alicyclic amines) is 1. The lowest BCUT2D eigenvalue weighted by atomic mass is 9.98. The van der Waals surface area contributed by atoms with Crippen LogP contribution in [0.15, 0.2) is 18.2 Å². The van der Waals surface area contributed by atoms with Gasteiger partial charge < -0.3 is 15.3 Å². The van der Waals surface area contributed by atoms with Crippen molar-refractivity contribution in [1.82, 2.24) is 10.2 Å². The van der Waals surface area contributed by atoms with E-state index in [2.05, 4.69) is 5.32 Å². The number of urea groups is 1. The number of piperidine rings is 1. The van der Waals surface area contributed by atoms with Crippen molar-refractivity contribution in [2.75, 3.05) is 19.7 Å². The van der Waals surface area contributed by atoms with Crippen LogP contribution in [0.25, 0.3) is 0 Å². The molecule has 2 amide bonds. The second kappa shape index (κ2) is 6.89. The molecule has 0 aromatic heterocycles. The number of hydrogen-bond donors (Lipinski definition) is 2. The highest BCUT2D eigenvalue weighted by atomic mass is 19.1. The normalized spacial score (nSPS) is 17.6. The third-order valence-electron chi connectivity index (χ3n) is 4.20. The summed E-state index contributed by atoms with van der Waals surface area (Å²) >= 11 is 0. The summed E-state index contributed by atoms with van der Waals surface area (Å²) in [6, 6.07) is 4.67. The van der Waals surface area contributed by atoms with Crippen LogP contribution in [-0.4, -0.2) is 35.7 Å². The second-order valence-electron chi connectivity index (χ2n) is 5.79. The molecule has 1 aromatic carbocycles. The molecule has 0 radical (unpaired) electrons. The van der Waals surface area contributed by atoms with Gasteiger partial charge in [-0.3, -0.25) is 0 Å². The van der Waals surface area contributed by atoms with E-state index in [-0.39, 0.29) is 24.5 Å². The van der Waals surface area contributed by atoms with Crippen molar-refractivity contribution >= 4 is 6.03 Å². The van der Waals surface area contributed by atoms with Crippen LogP contribution in [0, 0.1) is 18.7 Å². The van der Waals surface area contributed by atoms with E-state index in [1.807, 2.05) is 13.0 Å². The Kier molecular flexibility index (Phi) is 5.17. The van der Waals surface area contributed by atoms with Crippen LogP contribution in [0.2, 0.25) is 0 Å². The summed E-state index contributed by atoms with van der Waals surface area (Å²) in [4.78, 5) is 13.9. The minimum Gasteiger partial charge on any atom is -0.396 e. The summed E-state index contributed by atoms with van der Waals surface area (Å²) in [5, 5.41) is 12.0. The van der Waals surface area contributed by atoms with E-state index in [1.165, 1.54) is 6.07 Å². The third-order valence-corrected chi connectivity index (χ3v) is 4.20. The number of carbonyl (C=O) groups is 1. The number of nitrogens with zero attached hydrogens (tertiary/aromatic N) is 1. The molecule has 1 unspecified atom stereocenters. The SMILES string of the molecule is Cc1ccc(C(C)NC(=O)N2CCC(CO)CC2)cc1F. The maximum absolute atomic E-state index is 13.6. The van der Waals surface area contributed by atoms with E-state index in [9.17, 15) is 9.18 Å². The second-order valence-corrected chi connectivity index (χ2v) is 5.79. The maximum Gasteiger partial charge on any atom is 0.317 e. The smallest absolute Gasteiger partial charge is 0.317 e. The number of benzene rings is 1. The fraction of sp³-hybridized carbons (Fsp3) is 0.562. The number of amides is 2. The van der Waals surface area contributed by atoms with Gasteiger partial charge in [-0.05, 0) is 49.8 Å². The van der Waals surface area contributed by atoms with Crippen molar-refractivity contribution in [2.24, 2.45) is 5.92 Å². The molecule has 4 nitrogen and oxygen atoms in total. The van der Waals surface area contributed by atoms with Gasteiger partial charge in [-0.2, -0.15) is 0 Å². The summed E-state index contributed by atoms with van der Waals surface area (Å²) < 4.78 is 13.6. The highest BCUT2D eigenvalue weighted by molar-refractivity contribution is 5.74. The van der Waals surface area contributed by atoms with Crippen molar-refractivity contribution in [3.8, 4) is 0 Å². The van der Waals surface area contributed by atoms with Crippen molar-refractivity contribution in [3.63, 3.8) is 0 Å². The van der Waals surface area contributed by atoms with Crippen LogP contribution >= 0.6 is 0 Å². The molecule has 21 heavy (non-hydrogen) atoms. The lowest BCUT2D eigenvalue weighted by Crippen LogP contribution is -2.45. The zero-order valence-corrected chi connectivity index (χ0v) is 12.6. The molecule has 5 heteroatoms. The van der Waals surface area contributed by atoms with Gasteiger partial charge in [0.05, 0.1) is 6.04 Å². The average Bonchev–Trinajstić information content (AvgIpc) is 2.50. The summed E-state index contributed by atoms with van der Waals surface area (Å²) in [6.07, 6.45) is 1.66. The number of halogens is 1. The number of aliphatic hydroxyl groups excluding tert-OH is 1. The number of aliphatic hydroxyl groups is 1. The van der Waals surface area contributed by atoms with Crippen LogP contribution in [0.1, 0.15) is 36.9 Å². The van der Waals surface area contributed by atoms with Gasteiger partial charge in [0.25, 0.3) is 0 Å². The van der Waals surface area contributed by atoms with Gasteiger partial charge in [-0.1, -0.05) is 12.1 Å². The van der Waals surface area contributed by atoms with Gasteiger partial charge in [0.1, 0.15) is 5.82 Å². The maximum atomic E-state index is 13.6. The number of carbonyl (C=O) groups excluding carboxylic acids is 1. The molecule has 1 aliphatic rings. The molecule has 0 aliphatic carbocycles. The van der Waals surface area contributed by atoms with Gasteiger partial charge >= 0.3 is 6.03 Å². The monoisotopic (exact) mass is 294 g/mol. The molecule has 1 saturated heterocycles. The van der Waals surface area contributed by atoms with Gasteiger partial charge in [-0.25, -0.2) is 9.18 Å². The molecule has 1 aliphatic heterocycles. The Balaban J connectivity index is 1.91. The van der Waals surface area contributed by atoms with E-state index in [0.717, 1.165) is 18.4 Å². The first kappa shape index (κ1) is 15.8. The largest absolute Gasteiger partial charge is 0.396 e. The molecular weight excluding hydrogens is 271 g/mol. The Labute approximate surface area is 125 Å². The molecule has 1 aromatic rings. The van der Waals surface area contributed by atoms with Crippen molar-refractivity contribution in [1.29, 1.82) is 0 Å². The fourth-order valence-corrected chi connectivity index (χ4v) is 2.56. The molecular formula is C16H23FN2O2. The third kappa shape index (κ3) is 3.94. The predicted molar refractivity (Wildman–Crippen MR) is 79.5 cm³/mol. The van der Waals surface area contributed by atoms with Crippen molar-refractivity contribution in [3.05, 3.63) is 35.1 Å². The lowest BCUT2D eigenvalue weighted by Gasteiger charge is -2.32. The van der Waals surface area contributed by atoms with E-state index in [1.54, 1.807) is 17.9 Å². The van der Waals surface area contributed by atoms with Crippen molar-refractivity contribution in [2.45, 2.75) is 32.7 Å². The molecule has 1 atom stereocenters. The molecule has 0 spiro atoms. The predicted octanol–water partition coefficient (Wildman–Crippen LogP) is 2.61. The Bertz CT molecular complexity index is 499. The standard InChI is InChI=1S/C16H23FN2O2/c1-11-3-4-14(9-15(11)17)12(2)18-16(21)19-7-5-13(10-20)6-8-19/h3-4,9,12-13,20H,5-8,10H2,1-2H3,(H,18,21). The number of aryl methyl sites for hydroxylation is 1. The molecule has 2 N–H and O–H groups in total. The fourth-order valence-electron chi connectivity index (χ4n) is 2.56. The van der Waals surface area contributed by atoms with Crippen LogP contribution in [0.5, 0.6) is 0 Å². The average molecular weight is 294 g/mol. The first-order chi connectivity index (χ1) is 10.0. The van der Waals surface area contributed by atoms with Crippen molar-refractivity contribution < 1.29 is 14.3 Å². The highest BCUT2D eigenvalue weighted by Crippen LogP contribution is 2.19. The Hall–Kier alpha value is -1.62. The highest BCUT2D eigenvalue weighted by Gasteiger charge is 2.23. The summed E-state index contributed by atoms with van der Waals surface area (Å²) in [5.74, 6) is 0.0510. The topological polar surface area (TPSA) is 52.6 Å². The van der Waals surface area contributed by atoms with Crippen LogP contribution < -0.4 is 5.32 Å². The van der Waals surface area contributed by atoms with E-state index >= 15 is 0 Å². The first-order valence-electron chi connectivity index (χ1n) is 7.43. The zero-order chi connectivity index (χ0) is 15.4. The Morgan fingerprint density at radius 2 is 2.14 bits per heavy atom. The molecule has 2 rings (SSSR count). The zero-order valence-electron chi connectivity index (χ0n) is 12.6. The van der Waals surface area contributed by atoms with E-state index in [0.29, 0.717) is 24.6 Å². The Morgan fingerprint density at radius 1 is 1.48 bits per heavy atom. The lowest BCUT2D eigenvalue weighted by molar-refractivity contribution is 0.136. The quantitative estimate of drug-likeness (QED) is 0.900.